The van der Waals surface area contributed by atoms with Crippen molar-refractivity contribution in [2.24, 2.45) is 0 Å². The number of aromatic nitrogens is 4. The molecule has 3 rings (SSSR count). The lowest BCUT2D eigenvalue weighted by molar-refractivity contribution is 0.591. The topological polar surface area (TPSA) is 54.5 Å². The number of H-pyrrole nitrogens is 1. The molecular weight excluding hydrogens is 238 g/mol. The molecule has 0 atom stereocenters. The Kier molecular flexibility index (Phi) is 2.29. The Morgan fingerprint density at radius 1 is 1.11 bits per heavy atom. The van der Waals surface area contributed by atoms with Crippen molar-refractivity contribution in [2.75, 3.05) is 0 Å². The third kappa shape index (κ3) is 1.71. The highest BCUT2D eigenvalue weighted by Gasteiger charge is 2.11. The van der Waals surface area contributed by atoms with Gasteiger partial charge in [-0.15, -0.1) is 0 Å². The van der Waals surface area contributed by atoms with E-state index in [1.54, 1.807) is 6.20 Å². The Labute approximate surface area is 101 Å². The van der Waals surface area contributed by atoms with Crippen LogP contribution in [0.15, 0.2) is 24.5 Å². The minimum Gasteiger partial charge on any atom is -0.336 e. The maximum atomic E-state index is 13.5. The predicted molar refractivity (Wildman–Crippen MR) is 61.8 cm³/mol. The second-order valence-electron chi connectivity index (χ2n) is 3.91. The minimum absolute atomic E-state index is 0.0915. The molecule has 0 spiro atoms. The number of nitrogens with one attached hydrogen (secondary N) is 1. The van der Waals surface area contributed by atoms with Gasteiger partial charge in [-0.05, 0) is 13.0 Å². The molecule has 1 N–H and O–H groups in total. The van der Waals surface area contributed by atoms with E-state index in [4.69, 9.17) is 0 Å². The van der Waals surface area contributed by atoms with Crippen LogP contribution in [0.4, 0.5) is 8.78 Å². The summed E-state index contributed by atoms with van der Waals surface area (Å²) in [6, 6.07) is 1.99. The molecule has 0 aliphatic heterocycles. The average Bonchev–Trinajstić information content (AvgIpc) is 2.74. The van der Waals surface area contributed by atoms with Gasteiger partial charge in [0, 0.05) is 12.3 Å². The van der Waals surface area contributed by atoms with E-state index in [-0.39, 0.29) is 5.52 Å². The second-order valence-corrected chi connectivity index (χ2v) is 3.91. The van der Waals surface area contributed by atoms with Crippen LogP contribution < -0.4 is 0 Å². The van der Waals surface area contributed by atoms with Crippen molar-refractivity contribution < 1.29 is 8.78 Å². The van der Waals surface area contributed by atoms with Crippen LogP contribution in [0.5, 0.6) is 0 Å². The van der Waals surface area contributed by atoms with Gasteiger partial charge in [-0.25, -0.2) is 18.7 Å². The summed E-state index contributed by atoms with van der Waals surface area (Å²) in [6.07, 6.45) is 3.11. The number of hydrogen-bond donors (Lipinski definition) is 1. The fraction of sp³-hybridized carbons (Fsp3) is 0.0833. The zero-order valence-corrected chi connectivity index (χ0v) is 9.41. The number of aryl methyl sites for hydroxylation is 1. The van der Waals surface area contributed by atoms with Gasteiger partial charge in [0.15, 0.2) is 11.6 Å². The summed E-state index contributed by atoms with van der Waals surface area (Å²) in [5, 5.41) is 0. The van der Waals surface area contributed by atoms with Crippen LogP contribution in [0.25, 0.3) is 22.6 Å². The van der Waals surface area contributed by atoms with E-state index in [9.17, 15) is 8.78 Å². The van der Waals surface area contributed by atoms with E-state index in [0.29, 0.717) is 17.0 Å². The van der Waals surface area contributed by atoms with E-state index in [2.05, 4.69) is 19.9 Å². The zero-order valence-electron chi connectivity index (χ0n) is 9.41. The Balaban J connectivity index is 2.19. The predicted octanol–water partition coefficient (Wildman–Crippen LogP) is 2.61. The minimum atomic E-state index is -0.701. The molecule has 0 aliphatic rings. The molecule has 0 saturated carbocycles. The first-order valence-electron chi connectivity index (χ1n) is 5.27. The molecule has 0 fully saturated rings. The van der Waals surface area contributed by atoms with Crippen molar-refractivity contribution in [3.8, 4) is 11.5 Å². The third-order valence-corrected chi connectivity index (χ3v) is 2.53. The molecule has 0 unspecified atom stereocenters. The van der Waals surface area contributed by atoms with E-state index in [1.165, 1.54) is 12.3 Å². The van der Waals surface area contributed by atoms with Gasteiger partial charge in [-0.1, -0.05) is 0 Å². The molecule has 3 aromatic rings. The van der Waals surface area contributed by atoms with Crippen LogP contribution in [-0.4, -0.2) is 19.9 Å². The highest BCUT2D eigenvalue weighted by atomic mass is 19.1. The van der Waals surface area contributed by atoms with Crippen LogP contribution in [0.2, 0.25) is 0 Å². The van der Waals surface area contributed by atoms with Gasteiger partial charge < -0.3 is 4.98 Å². The van der Waals surface area contributed by atoms with Crippen molar-refractivity contribution in [3.05, 3.63) is 41.9 Å². The van der Waals surface area contributed by atoms with Crippen LogP contribution in [0.3, 0.4) is 0 Å². The molecule has 6 heteroatoms. The average molecular weight is 246 g/mol. The fourth-order valence-electron chi connectivity index (χ4n) is 1.68. The summed E-state index contributed by atoms with van der Waals surface area (Å²) in [7, 11) is 0. The van der Waals surface area contributed by atoms with Gasteiger partial charge in [0.05, 0.1) is 17.4 Å². The number of imidazole rings is 1. The fourth-order valence-corrected chi connectivity index (χ4v) is 1.68. The monoisotopic (exact) mass is 246 g/mol. The molecule has 2 aromatic heterocycles. The van der Waals surface area contributed by atoms with Gasteiger partial charge in [0.25, 0.3) is 0 Å². The quantitative estimate of drug-likeness (QED) is 0.718. The number of hydrogen-bond acceptors (Lipinski definition) is 3. The van der Waals surface area contributed by atoms with E-state index in [0.717, 1.165) is 11.8 Å². The lowest BCUT2D eigenvalue weighted by Gasteiger charge is -1.94. The number of nitrogens with zero attached hydrogens (tertiary/aromatic N) is 3. The Bertz CT molecular complexity index is 719. The van der Waals surface area contributed by atoms with Crippen molar-refractivity contribution in [1.82, 2.24) is 19.9 Å². The SMILES string of the molecule is Cc1cnc(-c2nc3c(F)cc(F)cc3[nH]2)cn1. The summed E-state index contributed by atoms with van der Waals surface area (Å²) in [5.41, 5.74) is 1.64. The highest BCUT2D eigenvalue weighted by Crippen LogP contribution is 2.21. The van der Waals surface area contributed by atoms with Gasteiger partial charge >= 0.3 is 0 Å². The molecular formula is C12H8F2N4. The standard InChI is InChI=1S/C12H8F2N4/c1-6-4-16-10(5-15-6)12-17-9-3-7(13)2-8(14)11(9)18-12/h2-5H,1H3,(H,17,18). The molecule has 0 amide bonds. The molecule has 0 aliphatic carbocycles. The molecule has 1 aromatic carbocycles. The maximum Gasteiger partial charge on any atom is 0.158 e. The first-order valence-corrected chi connectivity index (χ1v) is 5.27. The van der Waals surface area contributed by atoms with Crippen LogP contribution in [-0.2, 0) is 0 Å². The van der Waals surface area contributed by atoms with Crippen molar-refractivity contribution >= 4 is 11.0 Å². The van der Waals surface area contributed by atoms with Crippen molar-refractivity contribution in [2.45, 2.75) is 6.92 Å². The van der Waals surface area contributed by atoms with Crippen molar-refractivity contribution in [3.63, 3.8) is 0 Å². The highest BCUT2D eigenvalue weighted by molar-refractivity contribution is 5.79. The molecule has 18 heavy (non-hydrogen) atoms. The summed E-state index contributed by atoms with van der Waals surface area (Å²) >= 11 is 0. The summed E-state index contributed by atoms with van der Waals surface area (Å²) in [5.74, 6) is -0.986. The zero-order chi connectivity index (χ0) is 12.7. The Morgan fingerprint density at radius 2 is 1.94 bits per heavy atom. The van der Waals surface area contributed by atoms with Gasteiger partial charge in [0.1, 0.15) is 17.0 Å². The van der Waals surface area contributed by atoms with Gasteiger partial charge in [-0.3, -0.25) is 4.98 Å². The third-order valence-electron chi connectivity index (χ3n) is 2.53. The molecule has 0 saturated heterocycles. The maximum absolute atomic E-state index is 13.5. The van der Waals surface area contributed by atoms with E-state index < -0.39 is 11.6 Å². The summed E-state index contributed by atoms with van der Waals surface area (Å²) in [4.78, 5) is 15.1. The first kappa shape index (κ1) is 10.8. The van der Waals surface area contributed by atoms with E-state index in [1.807, 2.05) is 6.92 Å². The number of benzene rings is 1. The van der Waals surface area contributed by atoms with Gasteiger partial charge in [0.2, 0.25) is 0 Å². The number of fused-ring (bicyclic) bond motifs is 1. The van der Waals surface area contributed by atoms with Gasteiger partial charge in [-0.2, -0.15) is 0 Å². The lowest BCUT2D eigenvalue weighted by atomic mass is 10.3. The lowest BCUT2D eigenvalue weighted by Crippen LogP contribution is -1.89. The first-order chi connectivity index (χ1) is 8.63. The molecule has 4 nitrogen and oxygen atoms in total. The molecule has 2 heterocycles. The Hall–Kier alpha value is -2.37. The smallest absolute Gasteiger partial charge is 0.158 e. The van der Waals surface area contributed by atoms with Crippen LogP contribution in [0, 0.1) is 18.6 Å². The Morgan fingerprint density at radius 3 is 2.67 bits per heavy atom. The number of rotatable bonds is 1. The summed E-state index contributed by atoms with van der Waals surface area (Å²) in [6.45, 7) is 1.81. The number of aromatic amines is 1. The van der Waals surface area contributed by atoms with Crippen molar-refractivity contribution in [1.29, 1.82) is 0 Å². The molecule has 0 radical (unpaired) electrons. The van der Waals surface area contributed by atoms with Crippen LogP contribution >= 0.6 is 0 Å². The largest absolute Gasteiger partial charge is 0.336 e. The molecule has 90 valence electrons. The van der Waals surface area contributed by atoms with E-state index >= 15 is 0 Å². The second kappa shape index (κ2) is 3.83. The van der Waals surface area contributed by atoms with Crippen LogP contribution in [0.1, 0.15) is 5.69 Å². The molecule has 0 bridgehead atoms. The number of halogens is 2. The normalized spacial score (nSPS) is 11.1. The summed E-state index contributed by atoms with van der Waals surface area (Å²) < 4.78 is 26.5.